The number of thiazole rings is 1. The Balaban J connectivity index is 1.66. The van der Waals surface area contributed by atoms with Gasteiger partial charge in [-0.05, 0) is 24.3 Å². The van der Waals surface area contributed by atoms with Crippen LogP contribution in [0.2, 0.25) is 0 Å². The van der Waals surface area contributed by atoms with Crippen LogP contribution in [0.5, 0.6) is 11.5 Å². The highest BCUT2D eigenvalue weighted by molar-refractivity contribution is 7.94. The fraction of sp³-hybridized carbons (Fsp3) is 0.250. The van der Waals surface area contributed by atoms with Crippen molar-refractivity contribution >= 4 is 32.3 Å². The summed E-state index contributed by atoms with van der Waals surface area (Å²) in [4.78, 5) is 16.4. The molecule has 0 fully saturated rings. The summed E-state index contributed by atoms with van der Waals surface area (Å²) < 4.78 is 33.2. The molecule has 8 nitrogen and oxygen atoms in total. The van der Waals surface area contributed by atoms with Gasteiger partial charge in [0.25, 0.3) is 0 Å². The van der Waals surface area contributed by atoms with E-state index < -0.39 is 21.9 Å². The molecular formula is C16H17N3O5S2. The Morgan fingerprint density at radius 1 is 1.27 bits per heavy atom. The lowest BCUT2D eigenvalue weighted by molar-refractivity contribution is 0.251. The number of carbonyl (C=O) groups is 1. The minimum absolute atomic E-state index is 0.130. The van der Waals surface area contributed by atoms with Crippen LogP contribution in [0.1, 0.15) is 0 Å². The highest BCUT2D eigenvalue weighted by atomic mass is 32.2. The molecule has 0 saturated carbocycles. The van der Waals surface area contributed by atoms with E-state index in [0.29, 0.717) is 22.3 Å². The number of aromatic nitrogens is 1. The number of anilines is 1. The second-order valence-electron chi connectivity index (χ2n) is 5.47. The minimum atomic E-state index is -3.22. The molecule has 0 unspecified atom stereocenters. The molecule has 2 N–H and O–H groups in total. The third kappa shape index (κ3) is 4.14. The summed E-state index contributed by atoms with van der Waals surface area (Å²) in [7, 11) is -0.102. The normalized spacial score (nSPS) is 17.7. The highest BCUT2D eigenvalue weighted by Gasteiger charge is 2.23. The summed E-state index contributed by atoms with van der Waals surface area (Å²) >= 11 is 1.26. The van der Waals surface area contributed by atoms with E-state index in [1.54, 1.807) is 31.7 Å². The van der Waals surface area contributed by atoms with Gasteiger partial charge in [0.1, 0.15) is 0 Å². The van der Waals surface area contributed by atoms with E-state index in [0.717, 1.165) is 11.0 Å². The van der Waals surface area contributed by atoms with Crippen LogP contribution < -0.4 is 20.1 Å². The van der Waals surface area contributed by atoms with Crippen LogP contribution >= 0.6 is 11.3 Å². The zero-order valence-corrected chi connectivity index (χ0v) is 15.7. The molecule has 1 aromatic carbocycles. The third-order valence-corrected chi connectivity index (χ3v) is 5.80. The van der Waals surface area contributed by atoms with Crippen molar-refractivity contribution in [3.63, 3.8) is 0 Å². The van der Waals surface area contributed by atoms with Gasteiger partial charge in [0, 0.05) is 16.4 Å². The fourth-order valence-electron chi connectivity index (χ4n) is 2.43. The molecule has 138 valence electrons. The van der Waals surface area contributed by atoms with Crippen LogP contribution in [-0.2, 0) is 9.84 Å². The van der Waals surface area contributed by atoms with Crippen LogP contribution in [0.15, 0.2) is 35.1 Å². The predicted molar refractivity (Wildman–Crippen MR) is 99.5 cm³/mol. The van der Waals surface area contributed by atoms with Crippen molar-refractivity contribution < 1.29 is 22.7 Å². The number of sulfone groups is 1. The summed E-state index contributed by atoms with van der Waals surface area (Å²) in [6.45, 7) is 0. The summed E-state index contributed by atoms with van der Waals surface area (Å²) in [6, 6.07) is 4.37. The Hall–Kier alpha value is -2.59. The molecule has 1 aliphatic rings. The van der Waals surface area contributed by atoms with Gasteiger partial charge in [-0.25, -0.2) is 18.2 Å². The smallest absolute Gasteiger partial charge is 0.321 e. The average molecular weight is 395 g/mol. The Morgan fingerprint density at radius 2 is 2.04 bits per heavy atom. The number of rotatable bonds is 5. The molecule has 0 spiro atoms. The SMILES string of the molecule is COc1ccc(-c2csc(NC(=O)N[C@H]3C=CS(=O)(=O)C3)n2)cc1OC. The minimum Gasteiger partial charge on any atom is -0.493 e. The van der Waals surface area contributed by atoms with E-state index in [4.69, 9.17) is 9.47 Å². The maximum Gasteiger partial charge on any atom is 0.321 e. The van der Waals surface area contributed by atoms with Crippen molar-refractivity contribution in [3.8, 4) is 22.8 Å². The number of hydrogen-bond donors (Lipinski definition) is 2. The van der Waals surface area contributed by atoms with E-state index in [-0.39, 0.29) is 5.75 Å². The van der Waals surface area contributed by atoms with Gasteiger partial charge < -0.3 is 14.8 Å². The van der Waals surface area contributed by atoms with E-state index in [9.17, 15) is 13.2 Å². The lowest BCUT2D eigenvalue weighted by Crippen LogP contribution is -2.38. The molecule has 0 bridgehead atoms. The first-order chi connectivity index (χ1) is 12.4. The Bertz CT molecular complexity index is 953. The maximum atomic E-state index is 12.0. The molecule has 3 rings (SSSR count). The Morgan fingerprint density at radius 3 is 2.69 bits per heavy atom. The molecule has 2 amide bonds. The Labute approximate surface area is 154 Å². The zero-order chi connectivity index (χ0) is 18.7. The molecular weight excluding hydrogens is 378 g/mol. The summed E-state index contributed by atoms with van der Waals surface area (Å²) in [5.41, 5.74) is 1.49. The molecule has 2 aromatic rings. The molecule has 10 heteroatoms. The lowest BCUT2D eigenvalue weighted by Gasteiger charge is -2.09. The van der Waals surface area contributed by atoms with Gasteiger partial charge in [0.2, 0.25) is 0 Å². The zero-order valence-electron chi connectivity index (χ0n) is 14.1. The lowest BCUT2D eigenvalue weighted by atomic mass is 10.1. The van der Waals surface area contributed by atoms with Gasteiger partial charge in [-0.15, -0.1) is 11.3 Å². The quantitative estimate of drug-likeness (QED) is 0.804. The predicted octanol–water partition coefficient (Wildman–Crippen LogP) is 2.26. The number of nitrogens with one attached hydrogen (secondary N) is 2. The van der Waals surface area contributed by atoms with E-state index in [1.807, 2.05) is 6.07 Å². The number of hydrogen-bond acceptors (Lipinski definition) is 7. The number of carbonyl (C=O) groups excluding carboxylic acids is 1. The molecule has 1 aromatic heterocycles. The fourth-order valence-corrected chi connectivity index (χ4v) is 4.38. The number of amides is 2. The van der Waals surface area contributed by atoms with Crippen molar-refractivity contribution in [2.75, 3.05) is 25.3 Å². The van der Waals surface area contributed by atoms with Crippen LogP contribution in [-0.4, -0.2) is 45.4 Å². The van der Waals surface area contributed by atoms with Gasteiger partial charge in [-0.3, -0.25) is 5.32 Å². The molecule has 0 aliphatic carbocycles. The number of ether oxygens (including phenoxy) is 2. The van der Waals surface area contributed by atoms with Gasteiger partial charge in [0.05, 0.1) is 31.7 Å². The van der Waals surface area contributed by atoms with Crippen molar-refractivity contribution in [2.45, 2.75) is 6.04 Å². The van der Waals surface area contributed by atoms with Gasteiger partial charge in [-0.2, -0.15) is 0 Å². The first-order valence-corrected chi connectivity index (χ1v) is 10.2. The molecule has 1 atom stereocenters. The monoisotopic (exact) mass is 395 g/mol. The standard InChI is InChI=1S/C16H17N3O5S2/c1-23-13-4-3-10(7-14(13)24-2)12-8-25-16(18-12)19-15(20)17-11-5-6-26(21,22)9-11/h3-8,11H,9H2,1-2H3,(H2,17,18,19,20)/t11-/m0/s1. The van der Waals surface area contributed by atoms with Crippen molar-refractivity contribution in [2.24, 2.45) is 0 Å². The summed E-state index contributed by atoms with van der Waals surface area (Å²) in [5.74, 6) is 1.07. The van der Waals surface area contributed by atoms with E-state index >= 15 is 0 Å². The number of benzene rings is 1. The topological polar surface area (TPSA) is 107 Å². The van der Waals surface area contributed by atoms with Crippen LogP contribution in [0.4, 0.5) is 9.93 Å². The number of methoxy groups -OCH3 is 2. The van der Waals surface area contributed by atoms with E-state index in [1.165, 1.54) is 17.4 Å². The maximum absolute atomic E-state index is 12.0. The van der Waals surface area contributed by atoms with Crippen LogP contribution in [0.3, 0.4) is 0 Å². The Kier molecular flexibility index (Phi) is 5.14. The van der Waals surface area contributed by atoms with Crippen molar-refractivity contribution in [1.82, 2.24) is 10.3 Å². The van der Waals surface area contributed by atoms with Gasteiger partial charge in [-0.1, -0.05) is 0 Å². The largest absolute Gasteiger partial charge is 0.493 e. The van der Waals surface area contributed by atoms with Gasteiger partial charge in [0.15, 0.2) is 26.5 Å². The van der Waals surface area contributed by atoms with Crippen molar-refractivity contribution in [1.29, 1.82) is 0 Å². The molecule has 0 saturated heterocycles. The summed E-state index contributed by atoms with van der Waals surface area (Å²) in [6.07, 6.45) is 1.45. The summed E-state index contributed by atoms with van der Waals surface area (Å²) in [5, 5.41) is 8.50. The molecule has 26 heavy (non-hydrogen) atoms. The van der Waals surface area contributed by atoms with Crippen LogP contribution in [0.25, 0.3) is 11.3 Å². The van der Waals surface area contributed by atoms with Gasteiger partial charge >= 0.3 is 6.03 Å². The first kappa shape index (κ1) is 18.2. The third-order valence-electron chi connectivity index (χ3n) is 3.65. The molecule has 2 heterocycles. The van der Waals surface area contributed by atoms with Crippen molar-refractivity contribution in [3.05, 3.63) is 35.1 Å². The number of urea groups is 1. The second kappa shape index (κ2) is 7.34. The second-order valence-corrected chi connectivity index (χ2v) is 8.26. The van der Waals surface area contributed by atoms with E-state index in [2.05, 4.69) is 15.6 Å². The molecule has 1 aliphatic heterocycles. The molecule has 0 radical (unpaired) electrons. The number of nitrogens with zero attached hydrogens (tertiary/aromatic N) is 1. The average Bonchev–Trinajstić information content (AvgIpc) is 3.20. The first-order valence-electron chi connectivity index (χ1n) is 7.56. The van der Waals surface area contributed by atoms with Crippen LogP contribution in [0, 0.1) is 0 Å². The highest BCUT2D eigenvalue weighted by Crippen LogP contribution is 2.33.